The van der Waals surface area contributed by atoms with Gasteiger partial charge in [0.15, 0.2) is 0 Å². The smallest absolute Gasteiger partial charge is 0.309 e. The van der Waals surface area contributed by atoms with Gasteiger partial charge in [-0.2, -0.15) is 0 Å². The van der Waals surface area contributed by atoms with E-state index in [0.29, 0.717) is 25.9 Å². The van der Waals surface area contributed by atoms with Crippen molar-refractivity contribution in [2.45, 2.75) is 80.3 Å². The molecule has 0 fully saturated rings. The van der Waals surface area contributed by atoms with E-state index in [0.717, 1.165) is 0 Å². The molecule has 8 nitrogen and oxygen atoms in total. The van der Waals surface area contributed by atoms with Gasteiger partial charge >= 0.3 is 11.8 Å². The molecular weight excluding hydrogens is 384 g/mol. The summed E-state index contributed by atoms with van der Waals surface area (Å²) in [6.45, 7) is 16.6. The third kappa shape index (κ3) is 12.4. The van der Waals surface area contributed by atoms with Gasteiger partial charge in [0.25, 0.3) is 0 Å². The maximum absolute atomic E-state index is 12.5. The van der Waals surface area contributed by atoms with Crippen LogP contribution in [0.15, 0.2) is 0 Å². The highest BCUT2D eigenvalue weighted by Crippen LogP contribution is 2.07. The molecule has 0 aliphatic carbocycles. The van der Waals surface area contributed by atoms with Crippen molar-refractivity contribution in [1.82, 2.24) is 21.3 Å². The zero-order chi connectivity index (χ0) is 23.4. The lowest BCUT2D eigenvalue weighted by Crippen LogP contribution is -2.55. The highest BCUT2D eigenvalue weighted by molar-refractivity contribution is 6.35. The van der Waals surface area contributed by atoms with Crippen LogP contribution in [-0.4, -0.2) is 48.8 Å². The van der Waals surface area contributed by atoms with Crippen molar-refractivity contribution >= 4 is 23.6 Å². The molecule has 0 aliphatic heterocycles. The van der Waals surface area contributed by atoms with Gasteiger partial charge in [0, 0.05) is 13.1 Å². The van der Waals surface area contributed by atoms with E-state index in [-0.39, 0.29) is 35.5 Å². The molecule has 0 radical (unpaired) electrons. The van der Waals surface area contributed by atoms with Crippen molar-refractivity contribution in [3.05, 3.63) is 0 Å². The van der Waals surface area contributed by atoms with Gasteiger partial charge in [0.05, 0.1) is 0 Å². The minimum Gasteiger partial charge on any atom is -0.354 e. The van der Waals surface area contributed by atoms with E-state index in [1.54, 1.807) is 0 Å². The van der Waals surface area contributed by atoms with Crippen molar-refractivity contribution in [2.24, 2.45) is 23.7 Å². The number of carbonyl (C=O) groups is 4. The van der Waals surface area contributed by atoms with Gasteiger partial charge in [-0.15, -0.1) is 0 Å². The summed E-state index contributed by atoms with van der Waals surface area (Å²) in [5, 5.41) is 10.6. The predicted octanol–water partition coefficient (Wildman–Crippen LogP) is 1.59. The summed E-state index contributed by atoms with van der Waals surface area (Å²) in [7, 11) is 0. The Morgan fingerprint density at radius 2 is 0.833 bits per heavy atom. The van der Waals surface area contributed by atoms with Gasteiger partial charge < -0.3 is 21.3 Å². The molecule has 4 N–H and O–H groups in total. The highest BCUT2D eigenvalue weighted by Gasteiger charge is 2.28. The van der Waals surface area contributed by atoms with Crippen LogP contribution in [0.3, 0.4) is 0 Å². The first-order valence-electron chi connectivity index (χ1n) is 11.0. The maximum Gasteiger partial charge on any atom is 0.309 e. The first kappa shape index (κ1) is 27.9. The van der Waals surface area contributed by atoms with Crippen LogP contribution >= 0.6 is 0 Å². The highest BCUT2D eigenvalue weighted by atomic mass is 16.2. The number of nitrogens with one attached hydrogen (secondary N) is 4. The average Bonchev–Trinajstić information content (AvgIpc) is 2.61. The second kappa shape index (κ2) is 14.0. The Kier molecular flexibility index (Phi) is 13.0. The van der Waals surface area contributed by atoms with Crippen molar-refractivity contribution < 1.29 is 19.2 Å². The van der Waals surface area contributed by atoms with E-state index in [1.807, 2.05) is 55.4 Å². The summed E-state index contributed by atoms with van der Waals surface area (Å²) < 4.78 is 0. The van der Waals surface area contributed by atoms with E-state index in [1.165, 1.54) is 0 Å². The Labute approximate surface area is 181 Å². The van der Waals surface area contributed by atoms with E-state index >= 15 is 0 Å². The normalized spacial score (nSPS) is 13.3. The summed E-state index contributed by atoms with van der Waals surface area (Å²) in [6.07, 6.45) is 0.820. The third-order valence-electron chi connectivity index (χ3n) is 4.23. The SMILES string of the molecule is CC(C)CNC(=O)[C@H](CC(C)C)NC(=O)C(=O)N[C@@H](CC(C)C)C(=O)NCC(C)C. The number of hydrogen-bond acceptors (Lipinski definition) is 4. The van der Waals surface area contributed by atoms with Crippen LogP contribution in [0.5, 0.6) is 0 Å². The van der Waals surface area contributed by atoms with Crippen LogP contribution in [0.4, 0.5) is 0 Å². The number of carbonyl (C=O) groups excluding carboxylic acids is 4. The second-order valence-electron chi connectivity index (χ2n) is 9.59. The Morgan fingerprint density at radius 1 is 0.533 bits per heavy atom. The molecule has 0 aromatic carbocycles. The van der Waals surface area contributed by atoms with Crippen LogP contribution < -0.4 is 21.3 Å². The van der Waals surface area contributed by atoms with Crippen LogP contribution in [0.25, 0.3) is 0 Å². The molecule has 0 heterocycles. The molecule has 0 aliphatic rings. The van der Waals surface area contributed by atoms with E-state index in [4.69, 9.17) is 0 Å². The minimum absolute atomic E-state index is 0.152. The summed E-state index contributed by atoms with van der Waals surface area (Å²) in [5.41, 5.74) is 0. The average molecular weight is 427 g/mol. The van der Waals surface area contributed by atoms with Crippen LogP contribution in [0, 0.1) is 23.7 Å². The molecule has 0 unspecified atom stereocenters. The first-order chi connectivity index (χ1) is 13.8. The van der Waals surface area contributed by atoms with E-state index in [2.05, 4.69) is 21.3 Å². The van der Waals surface area contributed by atoms with Crippen LogP contribution in [0.2, 0.25) is 0 Å². The second-order valence-corrected chi connectivity index (χ2v) is 9.59. The first-order valence-corrected chi connectivity index (χ1v) is 11.0. The third-order valence-corrected chi connectivity index (χ3v) is 4.23. The molecule has 0 saturated carbocycles. The van der Waals surface area contributed by atoms with E-state index in [9.17, 15) is 19.2 Å². The minimum atomic E-state index is -0.911. The van der Waals surface area contributed by atoms with E-state index < -0.39 is 23.9 Å². The molecule has 4 amide bonds. The van der Waals surface area contributed by atoms with Crippen molar-refractivity contribution in [3.63, 3.8) is 0 Å². The van der Waals surface area contributed by atoms with Gasteiger partial charge in [-0.05, 0) is 36.5 Å². The van der Waals surface area contributed by atoms with Gasteiger partial charge in [-0.3, -0.25) is 19.2 Å². The standard InChI is InChI=1S/C22H42N4O4/c1-13(2)9-17(19(27)23-11-15(5)6)25-21(29)22(30)26-18(10-14(3)4)20(28)24-12-16(7)8/h13-18H,9-12H2,1-8H3,(H,23,27)(H,24,28)(H,25,29)(H,26,30)/t17-,18-/m0/s1. The molecule has 0 aromatic rings. The molecule has 8 heteroatoms. The lowest BCUT2D eigenvalue weighted by molar-refractivity contribution is -0.142. The Balaban J connectivity index is 5.08. The Morgan fingerprint density at radius 3 is 1.07 bits per heavy atom. The zero-order valence-corrected chi connectivity index (χ0v) is 19.9. The quantitative estimate of drug-likeness (QED) is 0.355. The molecule has 2 atom stereocenters. The van der Waals surface area contributed by atoms with Gasteiger partial charge in [0.2, 0.25) is 11.8 Å². The van der Waals surface area contributed by atoms with Crippen LogP contribution in [-0.2, 0) is 19.2 Å². The van der Waals surface area contributed by atoms with Gasteiger partial charge in [-0.25, -0.2) is 0 Å². The maximum atomic E-state index is 12.5. The fourth-order valence-electron chi connectivity index (χ4n) is 2.71. The summed E-state index contributed by atoms with van der Waals surface area (Å²) in [6, 6.07) is -1.61. The van der Waals surface area contributed by atoms with Gasteiger partial charge in [-0.1, -0.05) is 55.4 Å². The summed E-state index contributed by atoms with van der Waals surface area (Å²) in [5.74, 6) is -1.60. The lowest BCUT2D eigenvalue weighted by atomic mass is 10.0. The number of rotatable bonds is 12. The molecular formula is C22H42N4O4. The Bertz CT molecular complexity index is 523. The number of amides is 4. The van der Waals surface area contributed by atoms with Crippen molar-refractivity contribution in [1.29, 1.82) is 0 Å². The fourth-order valence-corrected chi connectivity index (χ4v) is 2.71. The summed E-state index contributed by atoms with van der Waals surface area (Å²) in [4.78, 5) is 49.8. The lowest BCUT2D eigenvalue weighted by Gasteiger charge is -2.23. The molecule has 0 aromatic heterocycles. The van der Waals surface area contributed by atoms with Crippen molar-refractivity contribution in [2.75, 3.05) is 13.1 Å². The molecule has 0 rings (SSSR count). The zero-order valence-electron chi connectivity index (χ0n) is 19.9. The topological polar surface area (TPSA) is 116 Å². The fraction of sp³-hybridized carbons (Fsp3) is 0.818. The van der Waals surface area contributed by atoms with Gasteiger partial charge in [0.1, 0.15) is 12.1 Å². The molecule has 174 valence electrons. The van der Waals surface area contributed by atoms with Crippen LogP contribution in [0.1, 0.15) is 68.2 Å². The Hall–Kier alpha value is -2.12. The van der Waals surface area contributed by atoms with Crippen molar-refractivity contribution in [3.8, 4) is 0 Å². The molecule has 30 heavy (non-hydrogen) atoms. The molecule has 0 spiro atoms. The number of hydrogen-bond donors (Lipinski definition) is 4. The molecule has 0 saturated heterocycles. The predicted molar refractivity (Wildman–Crippen MR) is 118 cm³/mol. The summed E-state index contributed by atoms with van der Waals surface area (Å²) >= 11 is 0. The largest absolute Gasteiger partial charge is 0.354 e. The monoisotopic (exact) mass is 426 g/mol. The molecule has 0 bridgehead atoms.